The predicted molar refractivity (Wildman–Crippen MR) is 105 cm³/mol. The number of pyridine rings is 1. The Balaban J connectivity index is 1.33. The molecule has 148 valence electrons. The summed E-state index contributed by atoms with van der Waals surface area (Å²) in [7, 11) is 0. The van der Waals surface area contributed by atoms with Gasteiger partial charge in [-0.25, -0.2) is 4.39 Å². The van der Waals surface area contributed by atoms with E-state index in [-0.39, 0.29) is 23.5 Å². The van der Waals surface area contributed by atoms with E-state index in [2.05, 4.69) is 20.5 Å². The highest BCUT2D eigenvalue weighted by molar-refractivity contribution is 5.94. The molecule has 8 heteroatoms. The topological polar surface area (TPSA) is 91.0 Å². The number of anilines is 1. The summed E-state index contributed by atoms with van der Waals surface area (Å²) in [4.78, 5) is 30.9. The molecule has 0 aliphatic carbocycles. The second-order valence-electron chi connectivity index (χ2n) is 6.97. The Kier molecular flexibility index (Phi) is 5.33. The van der Waals surface area contributed by atoms with Crippen molar-refractivity contribution in [1.29, 1.82) is 0 Å². The van der Waals surface area contributed by atoms with E-state index in [9.17, 15) is 14.0 Å². The summed E-state index contributed by atoms with van der Waals surface area (Å²) >= 11 is 0. The van der Waals surface area contributed by atoms with Crippen LogP contribution in [-0.2, 0) is 4.79 Å². The number of hydrogen-bond acceptors (Lipinski definition) is 4. The highest BCUT2D eigenvalue weighted by atomic mass is 19.1. The molecule has 1 fully saturated rings. The molecule has 29 heavy (non-hydrogen) atoms. The average molecular weight is 393 g/mol. The van der Waals surface area contributed by atoms with Gasteiger partial charge in [0.15, 0.2) is 0 Å². The maximum absolute atomic E-state index is 13.0. The molecule has 7 nitrogen and oxygen atoms in total. The third-order valence-electron chi connectivity index (χ3n) is 5.05. The minimum Gasteiger partial charge on any atom is -0.337 e. The van der Waals surface area contributed by atoms with Crippen LogP contribution < -0.4 is 5.32 Å². The Morgan fingerprint density at radius 1 is 1.07 bits per heavy atom. The first-order chi connectivity index (χ1) is 14.1. The minimum absolute atomic E-state index is 0.106. The molecule has 1 saturated heterocycles. The molecule has 3 aromatic rings. The van der Waals surface area contributed by atoms with E-state index in [1.54, 1.807) is 23.4 Å². The average Bonchev–Trinajstić information content (AvgIpc) is 3.26. The number of amides is 2. The lowest BCUT2D eigenvalue weighted by atomic mass is 9.95. The lowest BCUT2D eigenvalue weighted by molar-refractivity contribution is -0.121. The van der Waals surface area contributed by atoms with Crippen LogP contribution in [0.3, 0.4) is 0 Å². The minimum atomic E-state index is -0.347. The first kappa shape index (κ1) is 18.8. The van der Waals surface area contributed by atoms with Gasteiger partial charge in [0.05, 0.1) is 5.69 Å². The molecule has 0 spiro atoms. The molecule has 0 unspecified atom stereocenters. The van der Waals surface area contributed by atoms with E-state index in [0.29, 0.717) is 43.0 Å². The maximum atomic E-state index is 13.0. The van der Waals surface area contributed by atoms with Crippen LogP contribution in [0.15, 0.2) is 54.9 Å². The van der Waals surface area contributed by atoms with E-state index < -0.39 is 0 Å². The van der Waals surface area contributed by atoms with Gasteiger partial charge < -0.3 is 10.2 Å². The zero-order chi connectivity index (χ0) is 20.2. The van der Waals surface area contributed by atoms with Crippen LogP contribution in [0.4, 0.5) is 10.1 Å². The third kappa shape index (κ3) is 4.31. The van der Waals surface area contributed by atoms with Gasteiger partial charge in [0, 0.05) is 42.7 Å². The number of H-pyrrole nitrogens is 1. The molecule has 0 bridgehead atoms. The van der Waals surface area contributed by atoms with Crippen molar-refractivity contribution < 1.29 is 14.0 Å². The summed E-state index contributed by atoms with van der Waals surface area (Å²) in [5.74, 6) is -0.764. The normalized spacial score (nSPS) is 14.6. The van der Waals surface area contributed by atoms with Gasteiger partial charge in [-0.15, -0.1) is 0 Å². The number of piperidine rings is 1. The summed E-state index contributed by atoms with van der Waals surface area (Å²) in [6.07, 6.45) is 4.49. The second kappa shape index (κ2) is 8.22. The van der Waals surface area contributed by atoms with Crippen molar-refractivity contribution in [3.05, 3.63) is 66.4 Å². The third-order valence-corrected chi connectivity index (χ3v) is 5.05. The molecule has 0 atom stereocenters. The monoisotopic (exact) mass is 393 g/mol. The van der Waals surface area contributed by atoms with Gasteiger partial charge >= 0.3 is 0 Å². The number of nitrogens with one attached hydrogen (secondary N) is 2. The molecule has 1 aliphatic heterocycles. The number of carbonyl (C=O) groups is 2. The van der Waals surface area contributed by atoms with Gasteiger partial charge in [0.1, 0.15) is 11.5 Å². The summed E-state index contributed by atoms with van der Waals surface area (Å²) in [5, 5.41) is 9.81. The maximum Gasteiger partial charge on any atom is 0.271 e. The lowest BCUT2D eigenvalue weighted by Crippen LogP contribution is -2.41. The summed E-state index contributed by atoms with van der Waals surface area (Å²) in [5.41, 5.74) is 2.55. The molecule has 0 radical (unpaired) electrons. The quantitative estimate of drug-likeness (QED) is 0.713. The highest BCUT2D eigenvalue weighted by Gasteiger charge is 2.28. The van der Waals surface area contributed by atoms with E-state index in [1.165, 1.54) is 24.3 Å². The van der Waals surface area contributed by atoms with E-state index >= 15 is 0 Å². The molecule has 1 aromatic carbocycles. The van der Waals surface area contributed by atoms with Gasteiger partial charge in [0.2, 0.25) is 5.91 Å². The second-order valence-corrected chi connectivity index (χ2v) is 6.97. The van der Waals surface area contributed by atoms with Crippen molar-refractivity contribution in [3.63, 3.8) is 0 Å². The van der Waals surface area contributed by atoms with Crippen LogP contribution in [-0.4, -0.2) is 45.0 Å². The Bertz CT molecular complexity index is 995. The fourth-order valence-corrected chi connectivity index (χ4v) is 3.39. The van der Waals surface area contributed by atoms with Crippen molar-refractivity contribution in [2.75, 3.05) is 18.4 Å². The number of aromatic nitrogens is 3. The van der Waals surface area contributed by atoms with E-state index in [1.807, 2.05) is 12.1 Å². The van der Waals surface area contributed by atoms with E-state index in [0.717, 1.165) is 5.56 Å². The summed E-state index contributed by atoms with van der Waals surface area (Å²) in [6, 6.07) is 11.1. The standard InChI is InChI=1S/C21H20FN5O2/c22-16-1-3-17(4-2-16)24-20(28)15-7-11-27(12-8-15)21(29)19-13-18(25-26-19)14-5-9-23-10-6-14/h1-6,9-10,13,15H,7-8,11-12H2,(H,24,28)(H,25,26). The van der Waals surface area contributed by atoms with Gasteiger partial charge in [-0.05, 0) is 55.3 Å². The zero-order valence-electron chi connectivity index (χ0n) is 15.6. The molecule has 3 heterocycles. The number of carbonyl (C=O) groups excluding carboxylic acids is 2. The molecule has 2 N–H and O–H groups in total. The molecular formula is C21H20FN5O2. The van der Waals surface area contributed by atoms with Crippen molar-refractivity contribution in [1.82, 2.24) is 20.1 Å². The predicted octanol–water partition coefficient (Wildman–Crippen LogP) is 3.10. The van der Waals surface area contributed by atoms with Crippen molar-refractivity contribution in [2.45, 2.75) is 12.8 Å². The zero-order valence-corrected chi connectivity index (χ0v) is 15.6. The molecule has 2 amide bonds. The van der Waals surface area contributed by atoms with Gasteiger partial charge in [-0.1, -0.05) is 0 Å². The molecule has 2 aromatic heterocycles. The lowest BCUT2D eigenvalue weighted by Gasteiger charge is -2.31. The van der Waals surface area contributed by atoms with E-state index in [4.69, 9.17) is 0 Å². The van der Waals surface area contributed by atoms with Crippen molar-refractivity contribution >= 4 is 17.5 Å². The fourth-order valence-electron chi connectivity index (χ4n) is 3.39. The number of rotatable bonds is 4. The highest BCUT2D eigenvalue weighted by Crippen LogP contribution is 2.22. The first-order valence-electron chi connectivity index (χ1n) is 9.41. The molecular weight excluding hydrogens is 373 g/mol. The SMILES string of the molecule is O=C(Nc1ccc(F)cc1)C1CCN(C(=O)c2cc(-c3ccncc3)n[nH]2)CC1. The number of nitrogens with zero attached hydrogens (tertiary/aromatic N) is 3. The number of hydrogen-bond donors (Lipinski definition) is 2. The smallest absolute Gasteiger partial charge is 0.271 e. The largest absolute Gasteiger partial charge is 0.337 e. The Morgan fingerprint density at radius 2 is 1.76 bits per heavy atom. The van der Waals surface area contributed by atoms with Crippen LogP contribution in [0, 0.1) is 11.7 Å². The molecule has 1 aliphatic rings. The first-order valence-corrected chi connectivity index (χ1v) is 9.41. The molecule has 4 rings (SSSR count). The van der Waals surface area contributed by atoms with Crippen molar-refractivity contribution in [2.24, 2.45) is 5.92 Å². The van der Waals surface area contributed by atoms with Crippen LogP contribution in [0.1, 0.15) is 23.3 Å². The van der Waals surface area contributed by atoms with Crippen LogP contribution in [0.2, 0.25) is 0 Å². The fraction of sp³-hybridized carbons (Fsp3) is 0.238. The van der Waals surface area contributed by atoms with Crippen LogP contribution in [0.25, 0.3) is 11.3 Å². The number of aromatic amines is 1. The van der Waals surface area contributed by atoms with Gasteiger partial charge in [0.25, 0.3) is 5.91 Å². The Hall–Kier alpha value is -3.55. The number of likely N-dealkylation sites (tertiary alicyclic amines) is 1. The number of halogens is 1. The Labute approximate surface area is 167 Å². The number of benzene rings is 1. The van der Waals surface area contributed by atoms with Gasteiger partial charge in [-0.3, -0.25) is 19.7 Å². The van der Waals surface area contributed by atoms with Crippen molar-refractivity contribution in [3.8, 4) is 11.3 Å². The summed E-state index contributed by atoms with van der Waals surface area (Å²) in [6.45, 7) is 0.980. The van der Waals surface area contributed by atoms with Crippen LogP contribution >= 0.6 is 0 Å². The van der Waals surface area contributed by atoms with Crippen LogP contribution in [0.5, 0.6) is 0 Å². The Morgan fingerprint density at radius 3 is 2.45 bits per heavy atom. The summed E-state index contributed by atoms with van der Waals surface area (Å²) < 4.78 is 13.0. The molecule has 0 saturated carbocycles. The van der Waals surface area contributed by atoms with Gasteiger partial charge in [-0.2, -0.15) is 5.10 Å².